The molecule has 0 radical (unpaired) electrons. The van der Waals surface area contributed by atoms with E-state index in [0.29, 0.717) is 16.5 Å². The lowest BCUT2D eigenvalue weighted by Gasteiger charge is -2.11. The third-order valence-electron chi connectivity index (χ3n) is 5.51. The minimum Gasteiger partial charge on any atom is -0.322 e. The Hall–Kier alpha value is -3.18. The van der Waals surface area contributed by atoms with E-state index in [1.54, 1.807) is 6.07 Å². The number of amides is 1. The smallest absolute Gasteiger partial charge is 0.256 e. The van der Waals surface area contributed by atoms with Crippen LogP contribution in [0.1, 0.15) is 46.1 Å². The second-order valence-corrected chi connectivity index (χ2v) is 8.25. The van der Waals surface area contributed by atoms with Crippen LogP contribution < -0.4 is 5.32 Å². The number of carbonyl (C=O) groups is 1. The van der Waals surface area contributed by atoms with Crippen molar-refractivity contribution in [2.24, 2.45) is 0 Å². The molecule has 1 N–H and O–H groups in total. The number of para-hydroxylation sites is 1. The van der Waals surface area contributed by atoms with Crippen LogP contribution >= 0.6 is 11.6 Å². The number of nitrogens with zero attached hydrogens (tertiary/aromatic N) is 3. The van der Waals surface area contributed by atoms with Gasteiger partial charge in [0.15, 0.2) is 5.65 Å². The quantitative estimate of drug-likeness (QED) is 0.456. The Morgan fingerprint density at radius 3 is 2.57 bits per heavy atom. The molecule has 6 heteroatoms. The second-order valence-electron chi connectivity index (χ2n) is 7.81. The first-order valence-electron chi connectivity index (χ1n) is 10.0. The number of rotatable bonds is 4. The van der Waals surface area contributed by atoms with Crippen LogP contribution in [0.2, 0.25) is 5.02 Å². The van der Waals surface area contributed by atoms with Gasteiger partial charge >= 0.3 is 0 Å². The first kappa shape index (κ1) is 18.8. The van der Waals surface area contributed by atoms with E-state index in [9.17, 15) is 4.79 Å². The highest BCUT2D eigenvalue weighted by Gasteiger charge is 2.29. The number of hydrogen-bond acceptors (Lipinski definition) is 3. The van der Waals surface area contributed by atoms with Crippen LogP contribution in [0.5, 0.6) is 0 Å². The van der Waals surface area contributed by atoms with Crippen LogP contribution in [-0.2, 0) is 0 Å². The molecule has 0 aliphatic heterocycles. The van der Waals surface area contributed by atoms with Gasteiger partial charge < -0.3 is 5.32 Å². The summed E-state index contributed by atoms with van der Waals surface area (Å²) in [5, 5.41) is 9.19. The van der Waals surface area contributed by atoms with Gasteiger partial charge in [-0.1, -0.05) is 29.8 Å². The maximum Gasteiger partial charge on any atom is 0.256 e. The lowest BCUT2D eigenvalue weighted by molar-refractivity contribution is 0.102. The molecule has 1 fully saturated rings. The molecule has 0 unspecified atom stereocenters. The van der Waals surface area contributed by atoms with E-state index in [-0.39, 0.29) is 5.91 Å². The number of carbonyl (C=O) groups excluding carboxylic acids is 1. The van der Waals surface area contributed by atoms with E-state index in [1.165, 1.54) is 0 Å². The molecule has 1 aliphatic carbocycles. The maximum absolute atomic E-state index is 13.3. The Balaban J connectivity index is 1.65. The number of benzene rings is 2. The van der Waals surface area contributed by atoms with E-state index in [4.69, 9.17) is 21.7 Å². The number of aromatic nitrogens is 3. The van der Waals surface area contributed by atoms with E-state index in [1.807, 2.05) is 67.1 Å². The predicted octanol–water partition coefficient (Wildman–Crippen LogP) is 5.82. The van der Waals surface area contributed by atoms with Gasteiger partial charge in [0.2, 0.25) is 0 Å². The van der Waals surface area contributed by atoms with Gasteiger partial charge in [0, 0.05) is 22.3 Å². The van der Waals surface area contributed by atoms with Crippen LogP contribution in [0.15, 0.2) is 54.6 Å². The molecule has 2 heterocycles. The molecule has 2 aromatic carbocycles. The molecule has 150 valence electrons. The first-order valence-corrected chi connectivity index (χ1v) is 10.4. The zero-order valence-corrected chi connectivity index (χ0v) is 17.6. The number of halogens is 1. The predicted molar refractivity (Wildman–Crippen MR) is 120 cm³/mol. The Bertz CT molecular complexity index is 1280. The Morgan fingerprint density at radius 2 is 1.87 bits per heavy atom. The molecule has 30 heavy (non-hydrogen) atoms. The molecule has 0 spiro atoms. The maximum atomic E-state index is 13.3. The van der Waals surface area contributed by atoms with Crippen LogP contribution in [-0.4, -0.2) is 20.7 Å². The topological polar surface area (TPSA) is 59.8 Å². The number of pyridine rings is 1. The molecule has 4 aromatic rings. The molecule has 5 nitrogen and oxygen atoms in total. The van der Waals surface area contributed by atoms with Crippen molar-refractivity contribution in [3.63, 3.8) is 0 Å². The van der Waals surface area contributed by atoms with Gasteiger partial charge in [-0.25, -0.2) is 9.67 Å². The average Bonchev–Trinajstić information content (AvgIpc) is 3.54. The average molecular weight is 417 g/mol. The summed E-state index contributed by atoms with van der Waals surface area (Å²) in [5.41, 5.74) is 5.66. The highest BCUT2D eigenvalue weighted by atomic mass is 35.5. The van der Waals surface area contributed by atoms with Crippen molar-refractivity contribution >= 4 is 34.2 Å². The van der Waals surface area contributed by atoms with E-state index in [0.717, 1.165) is 52.2 Å². The van der Waals surface area contributed by atoms with Crippen molar-refractivity contribution < 1.29 is 4.79 Å². The van der Waals surface area contributed by atoms with Gasteiger partial charge in [0.05, 0.1) is 22.3 Å². The second kappa shape index (κ2) is 7.26. The lowest BCUT2D eigenvalue weighted by atomic mass is 10.1. The number of anilines is 1. The van der Waals surface area contributed by atoms with Crippen molar-refractivity contribution in [3.05, 3.63) is 82.1 Å². The van der Waals surface area contributed by atoms with Gasteiger partial charge in [-0.05, 0) is 68.7 Å². The van der Waals surface area contributed by atoms with Crippen molar-refractivity contribution in [2.75, 3.05) is 5.32 Å². The zero-order chi connectivity index (χ0) is 20.8. The largest absolute Gasteiger partial charge is 0.322 e. The Morgan fingerprint density at radius 1 is 1.10 bits per heavy atom. The summed E-state index contributed by atoms with van der Waals surface area (Å²) < 4.78 is 1.83. The van der Waals surface area contributed by atoms with E-state index in [2.05, 4.69) is 5.32 Å². The minimum absolute atomic E-state index is 0.162. The third-order valence-corrected chi connectivity index (χ3v) is 5.75. The van der Waals surface area contributed by atoms with E-state index < -0.39 is 0 Å². The van der Waals surface area contributed by atoms with Crippen molar-refractivity contribution in [1.82, 2.24) is 14.8 Å². The highest BCUT2D eigenvalue weighted by molar-refractivity contribution is 6.30. The molecule has 1 aliphatic rings. The van der Waals surface area contributed by atoms with Crippen LogP contribution in [0.3, 0.4) is 0 Å². The summed E-state index contributed by atoms with van der Waals surface area (Å²) in [6.07, 6.45) is 2.21. The first-order chi connectivity index (χ1) is 14.5. The normalized spacial score (nSPS) is 13.6. The monoisotopic (exact) mass is 416 g/mol. The van der Waals surface area contributed by atoms with Gasteiger partial charge in [0.25, 0.3) is 5.91 Å². The fourth-order valence-corrected chi connectivity index (χ4v) is 4.01. The number of hydrogen-bond donors (Lipinski definition) is 1. The summed E-state index contributed by atoms with van der Waals surface area (Å²) in [6, 6.07) is 17.3. The third kappa shape index (κ3) is 3.35. The zero-order valence-electron chi connectivity index (χ0n) is 16.8. The van der Waals surface area contributed by atoms with Gasteiger partial charge in [-0.3, -0.25) is 4.79 Å². The number of nitrogens with one attached hydrogen (secondary N) is 1. The summed E-state index contributed by atoms with van der Waals surface area (Å²) in [6.45, 7) is 3.85. The summed E-state index contributed by atoms with van der Waals surface area (Å²) >= 11 is 6.06. The number of aryl methyl sites for hydroxylation is 2. The van der Waals surface area contributed by atoms with Gasteiger partial charge in [-0.2, -0.15) is 5.10 Å². The van der Waals surface area contributed by atoms with Crippen molar-refractivity contribution in [3.8, 4) is 5.69 Å². The summed E-state index contributed by atoms with van der Waals surface area (Å²) in [5.74, 6) is 0.253. The van der Waals surface area contributed by atoms with Gasteiger partial charge in [-0.15, -0.1) is 0 Å². The molecule has 0 saturated heterocycles. The molecule has 5 rings (SSSR count). The van der Waals surface area contributed by atoms with Gasteiger partial charge in [0.1, 0.15) is 0 Å². The Labute approximate surface area is 179 Å². The molecule has 1 amide bonds. The van der Waals surface area contributed by atoms with Crippen molar-refractivity contribution in [2.45, 2.75) is 32.6 Å². The highest BCUT2D eigenvalue weighted by Crippen LogP contribution is 2.41. The molecule has 0 bridgehead atoms. The molecule has 0 atom stereocenters. The molecule has 1 saturated carbocycles. The fraction of sp³-hybridized carbons (Fsp3) is 0.208. The molecular weight excluding hydrogens is 396 g/mol. The molecular formula is C24H21ClN4O. The SMILES string of the molecule is Cc1cc(Cl)ccc1NC(=O)c1cc(C2CC2)nc2c1c(C)nn2-c1ccccc1. The lowest BCUT2D eigenvalue weighted by Crippen LogP contribution is -2.14. The summed E-state index contributed by atoms with van der Waals surface area (Å²) in [4.78, 5) is 18.3. The fourth-order valence-electron chi connectivity index (χ4n) is 3.78. The Kier molecular flexibility index (Phi) is 4.55. The van der Waals surface area contributed by atoms with Crippen LogP contribution in [0, 0.1) is 13.8 Å². The van der Waals surface area contributed by atoms with Crippen LogP contribution in [0.25, 0.3) is 16.7 Å². The number of fused-ring (bicyclic) bond motifs is 1. The minimum atomic E-state index is -0.162. The van der Waals surface area contributed by atoms with Crippen molar-refractivity contribution in [1.29, 1.82) is 0 Å². The van der Waals surface area contributed by atoms with E-state index >= 15 is 0 Å². The molecule has 2 aromatic heterocycles. The van der Waals surface area contributed by atoms with Crippen LogP contribution in [0.4, 0.5) is 5.69 Å². The summed E-state index contributed by atoms with van der Waals surface area (Å²) in [7, 11) is 0. The standard InChI is InChI=1S/C24H21ClN4O/c1-14-12-17(25)10-11-20(14)27-24(30)19-13-21(16-8-9-16)26-23-22(19)15(2)28-29(23)18-6-4-3-5-7-18/h3-7,10-13,16H,8-9H2,1-2H3,(H,27,30).